The fourth-order valence-electron chi connectivity index (χ4n) is 6.29. The fourth-order valence-corrected chi connectivity index (χ4v) is 8.45. The van der Waals surface area contributed by atoms with Gasteiger partial charge >= 0.3 is 0 Å². The summed E-state index contributed by atoms with van der Waals surface area (Å²) in [7, 11) is -2.30. The average molecular weight is 622 g/mol. The topological polar surface area (TPSA) is 113 Å². The van der Waals surface area contributed by atoms with Gasteiger partial charge in [0.15, 0.2) is 0 Å². The predicted octanol–water partition coefficient (Wildman–Crippen LogP) is 2.45. The number of sulfonamides is 1. The van der Waals surface area contributed by atoms with Crippen LogP contribution in [0.2, 0.25) is 0 Å². The smallest absolute Gasteiger partial charge is 0.248 e. The van der Waals surface area contributed by atoms with Crippen LogP contribution in [0.15, 0.2) is 22.0 Å². The molecule has 0 unspecified atom stereocenters. The van der Waals surface area contributed by atoms with Gasteiger partial charge in [-0.3, -0.25) is 14.7 Å². The van der Waals surface area contributed by atoms with E-state index in [9.17, 15) is 13.2 Å². The first-order chi connectivity index (χ1) is 20.4. The number of carbonyl (C=O) groups is 1. The number of nitrogens with one attached hydrogen (secondary N) is 1. The molecule has 43 heavy (non-hydrogen) atoms. The second-order valence-corrected chi connectivity index (χ2v) is 14.4. The lowest BCUT2D eigenvalue weighted by molar-refractivity contribution is -0.139. The molecule has 1 atom stereocenters. The van der Waals surface area contributed by atoms with Crippen LogP contribution in [0, 0.1) is 19.8 Å². The Kier molecular flexibility index (Phi) is 11.5. The van der Waals surface area contributed by atoms with Gasteiger partial charge in [0.25, 0.3) is 0 Å². The minimum atomic E-state index is -3.86. The standard InChI is InChI=1S/C31H51N5O6S/c1-7-35(15-10-25-8-13-34(14-9-25)18-28-32-11-12-33-28)29(37)21-41-19-26-20-42-31(4,5)22-36(26)43(38,39)30-23(2)16-27(40-6)17-24(30)3/h16-17,25-26H,7-15,18-22H2,1-6H3,(H,32,33)/t26-/m1/s1. The molecule has 0 aromatic heterocycles. The average Bonchev–Trinajstić information content (AvgIpc) is 3.47. The molecule has 0 bridgehead atoms. The molecule has 1 aromatic rings. The largest absolute Gasteiger partial charge is 0.497 e. The Morgan fingerprint density at radius 2 is 1.91 bits per heavy atom. The highest BCUT2D eigenvalue weighted by Crippen LogP contribution is 2.32. The first-order valence-corrected chi connectivity index (χ1v) is 17.0. The number of ether oxygens (including phenoxy) is 3. The van der Waals surface area contributed by atoms with E-state index >= 15 is 0 Å². The lowest BCUT2D eigenvalue weighted by atomic mass is 9.93. The molecule has 0 radical (unpaired) electrons. The highest BCUT2D eigenvalue weighted by atomic mass is 32.2. The number of rotatable bonds is 13. The molecular weight excluding hydrogens is 570 g/mol. The van der Waals surface area contributed by atoms with Crippen LogP contribution in [-0.4, -0.2) is 125 Å². The van der Waals surface area contributed by atoms with Gasteiger partial charge in [0.1, 0.15) is 18.2 Å². The molecule has 0 saturated carbocycles. The lowest BCUT2D eigenvalue weighted by Crippen LogP contribution is -2.57. The number of benzene rings is 1. The molecule has 0 spiro atoms. The van der Waals surface area contributed by atoms with E-state index in [0.29, 0.717) is 35.9 Å². The molecule has 2 fully saturated rings. The van der Waals surface area contributed by atoms with Crippen molar-refractivity contribution in [2.24, 2.45) is 10.9 Å². The van der Waals surface area contributed by atoms with Crippen molar-refractivity contribution in [3.63, 3.8) is 0 Å². The van der Waals surface area contributed by atoms with Gasteiger partial charge in [-0.25, -0.2) is 8.42 Å². The molecule has 1 aromatic carbocycles. The maximum absolute atomic E-state index is 14.0. The van der Waals surface area contributed by atoms with E-state index in [1.807, 2.05) is 25.7 Å². The van der Waals surface area contributed by atoms with Crippen molar-refractivity contribution in [2.45, 2.75) is 70.4 Å². The Morgan fingerprint density at radius 1 is 1.21 bits per heavy atom. The molecule has 3 heterocycles. The van der Waals surface area contributed by atoms with Crippen molar-refractivity contribution in [1.29, 1.82) is 0 Å². The van der Waals surface area contributed by atoms with Gasteiger partial charge < -0.3 is 24.4 Å². The predicted molar refractivity (Wildman–Crippen MR) is 167 cm³/mol. The second-order valence-electron chi connectivity index (χ2n) is 12.6. The maximum Gasteiger partial charge on any atom is 0.248 e. The van der Waals surface area contributed by atoms with Crippen LogP contribution in [0.4, 0.5) is 0 Å². The highest BCUT2D eigenvalue weighted by Gasteiger charge is 2.42. The Labute approximate surface area is 258 Å². The summed E-state index contributed by atoms with van der Waals surface area (Å²) >= 11 is 0. The van der Waals surface area contributed by atoms with Crippen molar-refractivity contribution in [3.8, 4) is 5.75 Å². The summed E-state index contributed by atoms with van der Waals surface area (Å²) in [5.41, 5.74) is 0.602. The van der Waals surface area contributed by atoms with Gasteiger partial charge in [0.05, 0.1) is 50.0 Å². The van der Waals surface area contributed by atoms with Gasteiger partial charge in [-0.2, -0.15) is 4.31 Å². The van der Waals surface area contributed by atoms with Crippen LogP contribution >= 0.6 is 0 Å². The Balaban J connectivity index is 1.29. The van der Waals surface area contributed by atoms with E-state index < -0.39 is 21.7 Å². The Morgan fingerprint density at radius 3 is 2.51 bits per heavy atom. The summed E-state index contributed by atoms with van der Waals surface area (Å²) in [5.74, 6) is 2.26. The number of methoxy groups -OCH3 is 1. The number of likely N-dealkylation sites (N-methyl/N-ethyl adjacent to an activating group) is 1. The molecule has 11 nitrogen and oxygen atoms in total. The third kappa shape index (κ3) is 8.69. The summed E-state index contributed by atoms with van der Waals surface area (Å²) in [4.78, 5) is 22.2. The second kappa shape index (κ2) is 14.7. The van der Waals surface area contributed by atoms with Gasteiger partial charge in [-0.1, -0.05) is 0 Å². The number of carbonyl (C=O) groups excluding carboxylic acids is 1. The van der Waals surface area contributed by atoms with Crippen LogP contribution in [0.5, 0.6) is 5.75 Å². The van der Waals surface area contributed by atoms with Crippen LogP contribution in [-0.2, 0) is 24.3 Å². The number of aryl methyl sites for hydroxylation is 2. The number of morpholine rings is 1. The summed E-state index contributed by atoms with van der Waals surface area (Å²) in [6, 6.07) is 2.93. The number of likely N-dealkylation sites (tertiary alicyclic amines) is 1. The van der Waals surface area contributed by atoms with Crippen LogP contribution in [0.3, 0.4) is 0 Å². The third-order valence-corrected chi connectivity index (χ3v) is 11.0. The normalized spacial score (nSPS) is 21.8. The van der Waals surface area contributed by atoms with E-state index in [4.69, 9.17) is 14.2 Å². The number of nitrogens with zero attached hydrogens (tertiary/aromatic N) is 4. The quantitative estimate of drug-likeness (QED) is 0.358. The molecule has 3 aliphatic rings. The number of amidine groups is 1. The molecule has 242 valence electrons. The summed E-state index contributed by atoms with van der Waals surface area (Å²) < 4.78 is 46.7. The van der Waals surface area contributed by atoms with Gasteiger partial charge in [0.2, 0.25) is 15.9 Å². The van der Waals surface area contributed by atoms with Gasteiger partial charge in [-0.05, 0) is 96.1 Å². The monoisotopic (exact) mass is 621 g/mol. The van der Waals surface area contributed by atoms with E-state index in [2.05, 4.69) is 15.2 Å². The zero-order chi connectivity index (χ0) is 31.2. The molecular formula is C31H51N5O6S. The number of amides is 1. The third-order valence-electron chi connectivity index (χ3n) is 8.75. The van der Waals surface area contributed by atoms with E-state index in [1.165, 1.54) is 4.31 Å². The zero-order valence-electron chi connectivity index (χ0n) is 26.9. The van der Waals surface area contributed by atoms with Crippen molar-refractivity contribution in [3.05, 3.63) is 23.3 Å². The summed E-state index contributed by atoms with van der Waals surface area (Å²) in [5, 5.41) is 3.35. The Bertz CT molecular complexity index is 1220. The lowest BCUT2D eigenvalue weighted by Gasteiger charge is -2.42. The molecule has 0 aliphatic carbocycles. The number of hydrogen-bond acceptors (Lipinski definition) is 9. The number of piperidine rings is 1. The van der Waals surface area contributed by atoms with Crippen LogP contribution < -0.4 is 10.1 Å². The summed E-state index contributed by atoms with van der Waals surface area (Å²) in [6.07, 6.45) is 3.24. The van der Waals surface area contributed by atoms with Crippen LogP contribution in [0.1, 0.15) is 51.2 Å². The molecule has 1 N–H and O–H groups in total. The van der Waals surface area contributed by atoms with Gasteiger partial charge in [0, 0.05) is 26.2 Å². The molecule has 1 amide bonds. The minimum Gasteiger partial charge on any atom is -0.497 e. The molecule has 3 aliphatic heterocycles. The first-order valence-electron chi connectivity index (χ1n) is 15.6. The first kappa shape index (κ1) is 33.6. The van der Waals surface area contributed by atoms with Crippen molar-refractivity contribution < 1.29 is 27.4 Å². The molecule has 12 heteroatoms. The van der Waals surface area contributed by atoms with Crippen molar-refractivity contribution in [2.75, 3.05) is 79.3 Å². The SMILES string of the molecule is CCN(CCC1CCN(CC2=NCCN2)CC1)C(=O)COC[C@@H]1COC(C)(C)CN1S(=O)(=O)c1c(C)cc(OC)cc1C. The van der Waals surface area contributed by atoms with E-state index in [1.54, 1.807) is 33.1 Å². The van der Waals surface area contributed by atoms with Gasteiger partial charge in [-0.15, -0.1) is 0 Å². The van der Waals surface area contributed by atoms with Crippen molar-refractivity contribution in [1.82, 2.24) is 19.4 Å². The Hall–Kier alpha value is -2.25. The number of hydrogen-bond donors (Lipinski definition) is 1. The van der Waals surface area contributed by atoms with Crippen molar-refractivity contribution >= 4 is 21.8 Å². The number of aliphatic imine (C=N–C) groups is 1. The molecule has 4 rings (SSSR count). The fraction of sp³-hybridized carbons (Fsp3) is 0.742. The van der Waals surface area contributed by atoms with E-state index in [-0.39, 0.29) is 37.2 Å². The van der Waals surface area contributed by atoms with Crippen LogP contribution in [0.25, 0.3) is 0 Å². The molecule has 2 saturated heterocycles. The minimum absolute atomic E-state index is 0.0708. The highest BCUT2D eigenvalue weighted by molar-refractivity contribution is 7.89. The maximum atomic E-state index is 14.0. The van der Waals surface area contributed by atoms with E-state index in [0.717, 1.165) is 57.8 Å². The summed E-state index contributed by atoms with van der Waals surface area (Å²) in [6.45, 7) is 15.9. The zero-order valence-corrected chi connectivity index (χ0v) is 27.7.